The van der Waals surface area contributed by atoms with Crippen molar-refractivity contribution in [3.05, 3.63) is 17.7 Å². The van der Waals surface area contributed by atoms with Crippen LogP contribution in [-0.4, -0.2) is 11.7 Å². The van der Waals surface area contributed by atoms with E-state index in [1.807, 2.05) is 6.07 Å². The van der Waals surface area contributed by atoms with Crippen molar-refractivity contribution in [3.8, 4) is 5.75 Å². The molecule has 0 aromatic heterocycles. The summed E-state index contributed by atoms with van der Waals surface area (Å²) in [5.41, 5.74) is 8.26. The van der Waals surface area contributed by atoms with Crippen LogP contribution in [0, 0.1) is 0 Å². The number of phenolic OH excluding ortho intramolecular Hbond substituents is 1. The summed E-state index contributed by atoms with van der Waals surface area (Å²) in [6.07, 6.45) is 2.18. The maximum absolute atomic E-state index is 9.31. The number of phenols is 1. The molecule has 0 bridgehead atoms. The van der Waals surface area contributed by atoms with E-state index >= 15 is 0 Å². The third-order valence-corrected chi connectivity index (χ3v) is 2.19. The summed E-state index contributed by atoms with van der Waals surface area (Å²) in [6, 6.07) is 3.54. The van der Waals surface area contributed by atoms with Gasteiger partial charge in [-0.2, -0.15) is 0 Å². The molecule has 1 aromatic rings. The highest BCUT2D eigenvalue weighted by molar-refractivity contribution is 5.66. The number of rotatable bonds is 0. The molecule has 0 radical (unpaired) electrons. The highest BCUT2D eigenvalue weighted by Gasteiger charge is 2.10. The van der Waals surface area contributed by atoms with Crippen LogP contribution in [0.3, 0.4) is 0 Å². The molecule has 0 spiro atoms. The van der Waals surface area contributed by atoms with Gasteiger partial charge in [0.15, 0.2) is 0 Å². The Hall–Kier alpha value is -1.38. The van der Waals surface area contributed by atoms with Gasteiger partial charge < -0.3 is 16.2 Å². The van der Waals surface area contributed by atoms with E-state index in [2.05, 4.69) is 5.32 Å². The fourth-order valence-corrected chi connectivity index (χ4v) is 1.53. The Morgan fingerprint density at radius 2 is 2.25 bits per heavy atom. The van der Waals surface area contributed by atoms with Gasteiger partial charge in [0, 0.05) is 18.3 Å². The summed E-state index contributed by atoms with van der Waals surface area (Å²) in [5, 5.41) is 12.5. The summed E-state index contributed by atoms with van der Waals surface area (Å²) in [4.78, 5) is 0. The fourth-order valence-electron chi connectivity index (χ4n) is 1.53. The number of fused-ring (bicyclic) bond motifs is 1. The second-order valence-corrected chi connectivity index (χ2v) is 3.10. The number of hydrogen-bond donors (Lipinski definition) is 3. The van der Waals surface area contributed by atoms with E-state index in [1.54, 1.807) is 6.07 Å². The van der Waals surface area contributed by atoms with Gasteiger partial charge in [0.05, 0.1) is 5.69 Å². The van der Waals surface area contributed by atoms with Gasteiger partial charge in [0.2, 0.25) is 0 Å². The highest BCUT2D eigenvalue weighted by atomic mass is 16.3. The predicted molar refractivity (Wildman–Crippen MR) is 49.3 cm³/mol. The van der Waals surface area contributed by atoms with Crippen LogP contribution in [0.25, 0.3) is 0 Å². The van der Waals surface area contributed by atoms with Crippen molar-refractivity contribution in [1.29, 1.82) is 0 Å². The smallest absolute Gasteiger partial charge is 0.140 e. The van der Waals surface area contributed by atoms with Gasteiger partial charge in [-0.3, -0.25) is 0 Å². The van der Waals surface area contributed by atoms with Crippen LogP contribution in [-0.2, 0) is 6.42 Å². The van der Waals surface area contributed by atoms with Gasteiger partial charge in [-0.1, -0.05) is 0 Å². The van der Waals surface area contributed by atoms with Crippen LogP contribution in [0.1, 0.15) is 12.0 Å². The lowest BCUT2D eigenvalue weighted by molar-refractivity contribution is 0.478. The lowest BCUT2D eigenvalue weighted by Gasteiger charge is -2.18. The van der Waals surface area contributed by atoms with Crippen molar-refractivity contribution in [2.75, 3.05) is 17.6 Å². The number of nitrogens with two attached hydrogens (primary N) is 1. The van der Waals surface area contributed by atoms with Crippen LogP contribution in [0.2, 0.25) is 0 Å². The van der Waals surface area contributed by atoms with Crippen LogP contribution in [0.15, 0.2) is 12.1 Å². The molecule has 0 saturated carbocycles. The Morgan fingerprint density at radius 3 is 3.08 bits per heavy atom. The zero-order valence-corrected chi connectivity index (χ0v) is 6.80. The summed E-state index contributed by atoms with van der Waals surface area (Å²) in [5.74, 6) is 0.170. The fraction of sp³-hybridized carbons (Fsp3) is 0.333. The quantitative estimate of drug-likeness (QED) is 0.400. The summed E-state index contributed by atoms with van der Waals surface area (Å²) >= 11 is 0. The molecule has 1 heterocycles. The number of anilines is 2. The van der Waals surface area contributed by atoms with Gasteiger partial charge in [-0.25, -0.2) is 0 Å². The van der Waals surface area contributed by atoms with Gasteiger partial charge in [-0.15, -0.1) is 0 Å². The van der Waals surface area contributed by atoms with E-state index in [4.69, 9.17) is 5.73 Å². The number of aryl methyl sites for hydroxylation is 1. The van der Waals surface area contributed by atoms with Gasteiger partial charge >= 0.3 is 0 Å². The molecule has 0 aliphatic carbocycles. The first-order valence-corrected chi connectivity index (χ1v) is 4.12. The third kappa shape index (κ3) is 1.07. The molecule has 3 nitrogen and oxygen atoms in total. The molecule has 1 aromatic carbocycles. The number of aromatic hydroxyl groups is 1. The Bertz CT molecular complexity index is 279. The molecule has 64 valence electrons. The van der Waals surface area contributed by atoms with Crippen molar-refractivity contribution in [3.63, 3.8) is 0 Å². The Morgan fingerprint density at radius 1 is 1.42 bits per heavy atom. The minimum atomic E-state index is 0.170. The normalized spacial score (nSPS) is 15.0. The average Bonchev–Trinajstić information content (AvgIpc) is 2.07. The highest BCUT2D eigenvalue weighted by Crippen LogP contribution is 2.30. The SMILES string of the molecule is Nc1cc2c(cc1O)NCCC2. The maximum atomic E-state index is 9.31. The second kappa shape index (κ2) is 2.59. The van der Waals surface area contributed by atoms with Crippen molar-refractivity contribution in [2.45, 2.75) is 12.8 Å². The minimum Gasteiger partial charge on any atom is -0.506 e. The number of nitrogen functional groups attached to an aromatic ring is 1. The molecule has 1 aliphatic heterocycles. The van der Waals surface area contributed by atoms with Crippen molar-refractivity contribution in [1.82, 2.24) is 0 Å². The first-order valence-electron chi connectivity index (χ1n) is 4.12. The van der Waals surface area contributed by atoms with E-state index in [-0.39, 0.29) is 5.75 Å². The third-order valence-electron chi connectivity index (χ3n) is 2.19. The summed E-state index contributed by atoms with van der Waals surface area (Å²) in [6.45, 7) is 0.982. The van der Waals surface area contributed by atoms with Gasteiger partial charge in [0.1, 0.15) is 5.75 Å². The molecule has 12 heavy (non-hydrogen) atoms. The molecule has 0 amide bonds. The Kier molecular flexibility index (Phi) is 1.57. The van der Waals surface area contributed by atoms with E-state index < -0.39 is 0 Å². The molecule has 1 aliphatic rings. The number of nitrogens with one attached hydrogen (secondary N) is 1. The molecule has 4 N–H and O–H groups in total. The van der Waals surface area contributed by atoms with Crippen LogP contribution < -0.4 is 11.1 Å². The standard InChI is InChI=1S/C9H12N2O/c10-7-4-6-2-1-3-11-8(6)5-9(7)12/h4-5,11-12H,1-3,10H2. The van der Waals surface area contributed by atoms with E-state index in [0.717, 1.165) is 25.1 Å². The van der Waals surface area contributed by atoms with Crippen LogP contribution >= 0.6 is 0 Å². The lowest BCUT2D eigenvalue weighted by atomic mass is 10.0. The first kappa shape index (κ1) is 7.28. The van der Waals surface area contributed by atoms with E-state index in [9.17, 15) is 5.11 Å². The summed E-state index contributed by atoms with van der Waals surface area (Å²) < 4.78 is 0. The van der Waals surface area contributed by atoms with Crippen molar-refractivity contribution >= 4 is 11.4 Å². The minimum absolute atomic E-state index is 0.170. The number of hydrogen-bond acceptors (Lipinski definition) is 3. The topological polar surface area (TPSA) is 58.3 Å². The molecule has 0 atom stereocenters. The molecule has 3 heteroatoms. The Balaban J connectivity index is 2.49. The molecule has 0 saturated heterocycles. The van der Waals surface area contributed by atoms with Crippen LogP contribution in [0.5, 0.6) is 5.75 Å². The molecule has 0 unspecified atom stereocenters. The van der Waals surface area contributed by atoms with E-state index in [1.165, 1.54) is 5.56 Å². The van der Waals surface area contributed by atoms with Crippen LogP contribution in [0.4, 0.5) is 11.4 Å². The zero-order valence-electron chi connectivity index (χ0n) is 6.80. The average molecular weight is 164 g/mol. The zero-order chi connectivity index (χ0) is 8.55. The lowest BCUT2D eigenvalue weighted by Crippen LogP contribution is -2.11. The van der Waals surface area contributed by atoms with E-state index in [0.29, 0.717) is 5.69 Å². The monoisotopic (exact) mass is 164 g/mol. The maximum Gasteiger partial charge on any atom is 0.140 e. The predicted octanol–water partition coefficient (Wildman–Crippen LogP) is 1.33. The largest absolute Gasteiger partial charge is 0.506 e. The molecule has 2 rings (SSSR count). The molecule has 0 fully saturated rings. The van der Waals surface area contributed by atoms with Gasteiger partial charge in [0.25, 0.3) is 0 Å². The van der Waals surface area contributed by atoms with Gasteiger partial charge in [-0.05, 0) is 24.5 Å². The molecular formula is C9H12N2O. The second-order valence-electron chi connectivity index (χ2n) is 3.10. The summed E-state index contributed by atoms with van der Waals surface area (Å²) in [7, 11) is 0. The molecular weight excluding hydrogens is 152 g/mol. The van der Waals surface area contributed by atoms with Crippen molar-refractivity contribution in [2.24, 2.45) is 0 Å². The first-order chi connectivity index (χ1) is 5.77. The van der Waals surface area contributed by atoms with Crippen molar-refractivity contribution < 1.29 is 5.11 Å². The number of benzene rings is 1. The Labute approximate surface area is 71.2 Å².